The number of unbranched alkanes of at least 4 members (excludes halogenated alkanes) is 1. The van der Waals surface area contributed by atoms with Gasteiger partial charge in [-0.05, 0) is 36.1 Å². The van der Waals surface area contributed by atoms with Crippen LogP contribution in [0.3, 0.4) is 0 Å². The summed E-state index contributed by atoms with van der Waals surface area (Å²) in [6.07, 6.45) is 1.17. The Kier molecular flexibility index (Phi) is 7.44. The number of aliphatic carboxylic acids is 1. The molecule has 0 radical (unpaired) electrons. The summed E-state index contributed by atoms with van der Waals surface area (Å²) in [5.74, 6) is -2.30. The quantitative estimate of drug-likeness (QED) is 0.415. The van der Waals surface area contributed by atoms with Crippen molar-refractivity contribution in [1.82, 2.24) is 9.62 Å². The third kappa shape index (κ3) is 5.20. The van der Waals surface area contributed by atoms with Gasteiger partial charge in [-0.25, -0.2) is 17.5 Å². The molecule has 1 amide bonds. The van der Waals surface area contributed by atoms with E-state index in [2.05, 4.69) is 5.32 Å². The number of hydrogen-bond acceptors (Lipinski definition) is 7. The number of rotatable bonds is 9. The molecule has 1 heterocycles. The Labute approximate surface area is 191 Å². The zero-order valence-corrected chi connectivity index (χ0v) is 18.8. The second-order valence-electron chi connectivity index (χ2n) is 7.79. The summed E-state index contributed by atoms with van der Waals surface area (Å²) in [5, 5.41) is 23.8. The lowest BCUT2D eigenvalue weighted by Crippen LogP contribution is -2.56. The van der Waals surface area contributed by atoms with Gasteiger partial charge in [-0.2, -0.15) is 0 Å². The first-order valence-corrected chi connectivity index (χ1v) is 12.0. The maximum absolute atomic E-state index is 13.5. The molecule has 0 saturated heterocycles. The lowest BCUT2D eigenvalue weighted by atomic mass is 9.95. The molecule has 0 aliphatic carbocycles. The molecule has 1 aliphatic rings. The fourth-order valence-electron chi connectivity index (χ4n) is 3.81. The standard InChI is InChI=1S/C22H25N3O7S/c1-2-3-8-20(22(27)28)24(33(31,32)18-11-9-17(10-12-18)25(29)30)21(26)19-13-15-6-4-5-7-16(15)14-23-19/h4-7,9-12,19-20,23H,2-3,8,13-14H2,1H3,(H,27,28)/t19-,20-/m0/s1. The second-order valence-corrected chi connectivity index (χ2v) is 9.61. The van der Waals surface area contributed by atoms with Crippen LogP contribution < -0.4 is 5.32 Å². The minimum absolute atomic E-state index is 0.0485. The molecule has 0 spiro atoms. The maximum Gasteiger partial charge on any atom is 0.327 e. The van der Waals surface area contributed by atoms with Crippen molar-refractivity contribution in [3.05, 3.63) is 69.8 Å². The van der Waals surface area contributed by atoms with Gasteiger partial charge in [-0.15, -0.1) is 0 Å². The summed E-state index contributed by atoms with van der Waals surface area (Å²) >= 11 is 0. The number of non-ortho nitro benzene ring substituents is 1. The van der Waals surface area contributed by atoms with Gasteiger partial charge in [0, 0.05) is 18.7 Å². The van der Waals surface area contributed by atoms with Gasteiger partial charge in [0.25, 0.3) is 21.6 Å². The summed E-state index contributed by atoms with van der Waals surface area (Å²) in [5.41, 5.74) is 1.54. The molecule has 0 fully saturated rings. The van der Waals surface area contributed by atoms with Crippen LogP contribution in [0.5, 0.6) is 0 Å². The number of amides is 1. The van der Waals surface area contributed by atoms with E-state index >= 15 is 0 Å². The maximum atomic E-state index is 13.5. The highest BCUT2D eigenvalue weighted by molar-refractivity contribution is 7.89. The predicted molar refractivity (Wildman–Crippen MR) is 119 cm³/mol. The predicted octanol–water partition coefficient (Wildman–Crippen LogP) is 2.47. The van der Waals surface area contributed by atoms with Crippen molar-refractivity contribution >= 4 is 27.6 Å². The summed E-state index contributed by atoms with van der Waals surface area (Å²) < 4.78 is 27.4. The Morgan fingerprint density at radius 3 is 2.39 bits per heavy atom. The average Bonchev–Trinajstić information content (AvgIpc) is 2.80. The number of nitrogens with zero attached hydrogens (tertiary/aromatic N) is 2. The van der Waals surface area contributed by atoms with Gasteiger partial charge in [-0.3, -0.25) is 14.9 Å². The Morgan fingerprint density at radius 2 is 1.82 bits per heavy atom. The summed E-state index contributed by atoms with van der Waals surface area (Å²) in [6.45, 7) is 2.17. The molecule has 2 atom stereocenters. The third-order valence-corrected chi connectivity index (χ3v) is 7.42. The van der Waals surface area contributed by atoms with E-state index in [1.54, 1.807) is 0 Å². The van der Waals surface area contributed by atoms with Crippen LogP contribution >= 0.6 is 0 Å². The highest BCUT2D eigenvalue weighted by atomic mass is 32.2. The number of benzene rings is 2. The van der Waals surface area contributed by atoms with Gasteiger partial charge in [0.1, 0.15) is 6.04 Å². The number of nitro groups is 1. The summed E-state index contributed by atoms with van der Waals surface area (Å²) in [7, 11) is -4.60. The topological polar surface area (TPSA) is 147 Å². The molecule has 2 N–H and O–H groups in total. The third-order valence-electron chi connectivity index (χ3n) is 5.60. The van der Waals surface area contributed by atoms with Gasteiger partial charge < -0.3 is 10.4 Å². The minimum atomic E-state index is -4.60. The van der Waals surface area contributed by atoms with Crippen LogP contribution in [0.1, 0.15) is 37.3 Å². The minimum Gasteiger partial charge on any atom is -0.480 e. The van der Waals surface area contributed by atoms with Crippen LogP contribution in [0, 0.1) is 10.1 Å². The molecule has 3 rings (SSSR count). The average molecular weight is 476 g/mol. The SMILES string of the molecule is CCCC[C@@H](C(=O)O)N(C(=O)[C@@H]1Cc2ccccc2CN1)S(=O)(=O)c1ccc([N+](=O)[O-])cc1. The van der Waals surface area contributed by atoms with E-state index in [9.17, 15) is 33.2 Å². The number of fused-ring (bicyclic) bond motifs is 1. The molecule has 0 saturated carbocycles. The number of sulfonamides is 1. The zero-order valence-electron chi connectivity index (χ0n) is 18.0. The van der Waals surface area contributed by atoms with Gasteiger partial charge in [-0.1, -0.05) is 44.0 Å². The molecule has 0 unspecified atom stereocenters. The van der Waals surface area contributed by atoms with Gasteiger partial charge >= 0.3 is 5.97 Å². The molecular formula is C22H25N3O7S. The first-order valence-electron chi connectivity index (χ1n) is 10.5. The van der Waals surface area contributed by atoms with Gasteiger partial charge in [0.05, 0.1) is 15.9 Å². The number of nitrogens with one attached hydrogen (secondary N) is 1. The monoisotopic (exact) mass is 475 g/mol. The highest BCUT2D eigenvalue weighted by Gasteiger charge is 2.42. The largest absolute Gasteiger partial charge is 0.480 e. The highest BCUT2D eigenvalue weighted by Crippen LogP contribution is 2.26. The molecular weight excluding hydrogens is 450 g/mol. The van der Waals surface area contributed by atoms with Crippen LogP contribution in [0.15, 0.2) is 53.4 Å². The summed E-state index contributed by atoms with van der Waals surface area (Å²) in [4.78, 5) is 35.5. The van der Waals surface area contributed by atoms with Gasteiger partial charge in [0.15, 0.2) is 0 Å². The van der Waals surface area contributed by atoms with Crippen molar-refractivity contribution in [3.63, 3.8) is 0 Å². The van der Waals surface area contributed by atoms with Crippen LogP contribution in [-0.4, -0.2) is 46.7 Å². The van der Waals surface area contributed by atoms with Crippen molar-refractivity contribution in [3.8, 4) is 0 Å². The van der Waals surface area contributed by atoms with Crippen LogP contribution in [0.4, 0.5) is 5.69 Å². The fourth-order valence-corrected chi connectivity index (χ4v) is 5.42. The van der Waals surface area contributed by atoms with Crippen molar-refractivity contribution in [1.29, 1.82) is 0 Å². The first kappa shape index (κ1) is 24.3. The van der Waals surface area contributed by atoms with E-state index in [4.69, 9.17) is 0 Å². The molecule has 0 bridgehead atoms. The molecule has 176 valence electrons. The number of carboxylic acid groups (broad SMARTS) is 1. The number of carbonyl (C=O) groups excluding carboxylic acids is 1. The van der Waals surface area contributed by atoms with Crippen molar-refractivity contribution in [2.45, 2.75) is 56.1 Å². The van der Waals surface area contributed by atoms with E-state index in [0.29, 0.717) is 23.7 Å². The van der Waals surface area contributed by atoms with Crippen LogP contribution in [0.2, 0.25) is 0 Å². The van der Waals surface area contributed by atoms with Crippen molar-refractivity contribution in [2.75, 3.05) is 0 Å². The zero-order chi connectivity index (χ0) is 24.2. The van der Waals surface area contributed by atoms with Crippen molar-refractivity contribution < 1.29 is 28.0 Å². The van der Waals surface area contributed by atoms with Gasteiger partial charge in [0.2, 0.25) is 0 Å². The van der Waals surface area contributed by atoms with Crippen LogP contribution in [-0.2, 0) is 32.6 Å². The van der Waals surface area contributed by atoms with E-state index in [1.165, 1.54) is 0 Å². The smallest absolute Gasteiger partial charge is 0.327 e. The van der Waals surface area contributed by atoms with E-state index in [1.807, 2.05) is 31.2 Å². The number of hydrogen-bond donors (Lipinski definition) is 2. The molecule has 11 heteroatoms. The lowest BCUT2D eigenvalue weighted by molar-refractivity contribution is -0.384. The van der Waals surface area contributed by atoms with E-state index in [-0.39, 0.29) is 23.4 Å². The number of carboxylic acids is 1. The molecule has 0 aromatic heterocycles. The van der Waals surface area contributed by atoms with E-state index < -0.39 is 38.9 Å². The Bertz CT molecular complexity index is 1150. The molecule has 2 aromatic rings. The Balaban J connectivity index is 2.02. The molecule has 33 heavy (non-hydrogen) atoms. The van der Waals surface area contributed by atoms with Crippen molar-refractivity contribution in [2.24, 2.45) is 0 Å². The Hall–Kier alpha value is -3.31. The van der Waals surface area contributed by atoms with Crippen LogP contribution in [0.25, 0.3) is 0 Å². The molecule has 1 aliphatic heterocycles. The summed E-state index contributed by atoms with van der Waals surface area (Å²) in [6, 6.07) is 8.92. The Morgan fingerprint density at radius 1 is 1.18 bits per heavy atom. The van der Waals surface area contributed by atoms with E-state index in [0.717, 1.165) is 35.4 Å². The fraction of sp³-hybridized carbons (Fsp3) is 0.364. The molecule has 10 nitrogen and oxygen atoms in total. The second kappa shape index (κ2) is 10.1. The first-order chi connectivity index (χ1) is 15.7. The number of carbonyl (C=O) groups is 2. The molecule has 2 aromatic carbocycles. The normalized spacial score (nSPS) is 16.5. The number of nitro benzene ring substituents is 1. The lowest BCUT2D eigenvalue weighted by Gasteiger charge is -2.33.